The van der Waals surface area contributed by atoms with E-state index >= 15 is 0 Å². The summed E-state index contributed by atoms with van der Waals surface area (Å²) in [6, 6.07) is 3.31. The highest BCUT2D eigenvalue weighted by Crippen LogP contribution is 2.33. The van der Waals surface area contributed by atoms with E-state index in [2.05, 4.69) is 25.8 Å². The molecule has 2 rings (SSSR count). The van der Waals surface area contributed by atoms with Crippen LogP contribution in [0.5, 0.6) is 5.75 Å². The first-order valence-electron chi connectivity index (χ1n) is 4.74. The number of phenols is 1. The van der Waals surface area contributed by atoms with Crippen LogP contribution >= 0.6 is 11.3 Å². The van der Waals surface area contributed by atoms with E-state index in [0.29, 0.717) is 0 Å². The number of aromatic amines is 1. The molecule has 80 valence electrons. The maximum Gasteiger partial charge on any atom is 0.305 e. The van der Waals surface area contributed by atoms with Crippen LogP contribution in [0, 0.1) is 0 Å². The lowest BCUT2D eigenvalue weighted by Gasteiger charge is -2.19. The Morgan fingerprint density at radius 1 is 1.33 bits per heavy atom. The van der Waals surface area contributed by atoms with Crippen LogP contribution in [0.15, 0.2) is 16.9 Å². The van der Waals surface area contributed by atoms with Gasteiger partial charge in [0.05, 0.1) is 10.2 Å². The topological polar surface area (TPSA) is 53.1 Å². The monoisotopic (exact) mass is 223 g/mol. The van der Waals surface area contributed by atoms with Gasteiger partial charge in [-0.2, -0.15) is 0 Å². The molecule has 0 fully saturated rings. The average Bonchev–Trinajstić information content (AvgIpc) is 2.41. The third-order valence-corrected chi connectivity index (χ3v) is 3.24. The minimum atomic E-state index is -0.0823. The van der Waals surface area contributed by atoms with E-state index < -0.39 is 0 Å². The van der Waals surface area contributed by atoms with Gasteiger partial charge in [0.2, 0.25) is 0 Å². The Morgan fingerprint density at radius 3 is 2.60 bits per heavy atom. The Morgan fingerprint density at radius 2 is 2.00 bits per heavy atom. The smallest absolute Gasteiger partial charge is 0.305 e. The third kappa shape index (κ3) is 1.77. The zero-order valence-corrected chi connectivity index (χ0v) is 9.73. The lowest BCUT2D eigenvalue weighted by atomic mass is 9.87. The molecule has 3 nitrogen and oxygen atoms in total. The van der Waals surface area contributed by atoms with Crippen LogP contribution in [0.1, 0.15) is 26.3 Å². The van der Waals surface area contributed by atoms with Crippen molar-refractivity contribution in [3.63, 3.8) is 0 Å². The van der Waals surface area contributed by atoms with E-state index in [1.807, 2.05) is 0 Å². The quantitative estimate of drug-likeness (QED) is 0.721. The van der Waals surface area contributed by atoms with E-state index in [9.17, 15) is 9.90 Å². The van der Waals surface area contributed by atoms with Crippen molar-refractivity contribution < 1.29 is 5.11 Å². The van der Waals surface area contributed by atoms with E-state index in [-0.39, 0.29) is 16.0 Å². The molecule has 0 unspecified atom stereocenters. The fourth-order valence-electron chi connectivity index (χ4n) is 1.60. The van der Waals surface area contributed by atoms with Crippen molar-refractivity contribution in [2.75, 3.05) is 0 Å². The van der Waals surface area contributed by atoms with E-state index in [4.69, 9.17) is 0 Å². The number of rotatable bonds is 0. The molecule has 0 aliphatic rings. The normalized spacial score (nSPS) is 12.2. The van der Waals surface area contributed by atoms with Gasteiger partial charge in [0.25, 0.3) is 0 Å². The molecular weight excluding hydrogens is 210 g/mol. The van der Waals surface area contributed by atoms with Crippen LogP contribution in [0.25, 0.3) is 10.2 Å². The molecule has 0 saturated heterocycles. The summed E-state index contributed by atoms with van der Waals surface area (Å²) < 4.78 is 0.935. The fraction of sp³-hybridized carbons (Fsp3) is 0.364. The summed E-state index contributed by atoms with van der Waals surface area (Å²) in [5, 5.41) is 9.57. The molecule has 0 spiro atoms. The van der Waals surface area contributed by atoms with E-state index in [0.717, 1.165) is 15.8 Å². The fourth-order valence-corrected chi connectivity index (χ4v) is 2.64. The number of H-pyrrole nitrogens is 1. The molecule has 0 bridgehead atoms. The third-order valence-electron chi connectivity index (χ3n) is 2.31. The number of hydrogen-bond acceptors (Lipinski definition) is 3. The van der Waals surface area contributed by atoms with Gasteiger partial charge in [0, 0.05) is 6.07 Å². The number of phenolic OH excluding ortho intramolecular Hbond substituents is 1. The van der Waals surface area contributed by atoms with Crippen molar-refractivity contribution in [3.05, 3.63) is 27.4 Å². The molecule has 0 aliphatic carbocycles. The zero-order chi connectivity index (χ0) is 11.2. The molecule has 0 saturated carbocycles. The van der Waals surface area contributed by atoms with Gasteiger partial charge < -0.3 is 10.1 Å². The molecule has 2 N–H and O–H groups in total. The van der Waals surface area contributed by atoms with Gasteiger partial charge >= 0.3 is 4.87 Å². The molecule has 1 aromatic heterocycles. The number of benzene rings is 1. The summed E-state index contributed by atoms with van der Waals surface area (Å²) in [7, 11) is 0. The highest BCUT2D eigenvalue weighted by Gasteiger charge is 2.19. The van der Waals surface area contributed by atoms with Gasteiger partial charge in [-0.15, -0.1) is 0 Å². The van der Waals surface area contributed by atoms with Crippen LogP contribution in [0.4, 0.5) is 0 Å². The summed E-state index contributed by atoms with van der Waals surface area (Å²) in [5.41, 5.74) is 1.64. The Bertz CT molecular complexity index is 560. The minimum Gasteiger partial charge on any atom is -0.508 e. The summed E-state index contributed by atoms with van der Waals surface area (Å²) >= 11 is 1.19. The van der Waals surface area contributed by atoms with Crippen LogP contribution in [-0.2, 0) is 5.41 Å². The average molecular weight is 223 g/mol. The molecule has 0 aliphatic heterocycles. The number of thiazole rings is 1. The van der Waals surface area contributed by atoms with Crippen molar-refractivity contribution in [1.82, 2.24) is 4.98 Å². The van der Waals surface area contributed by atoms with Crippen LogP contribution < -0.4 is 4.87 Å². The summed E-state index contributed by atoms with van der Waals surface area (Å²) in [4.78, 5) is 13.9. The van der Waals surface area contributed by atoms with Crippen molar-refractivity contribution in [3.8, 4) is 5.75 Å². The first-order valence-corrected chi connectivity index (χ1v) is 5.56. The SMILES string of the molecule is CC(C)(C)c1cc(O)cc2[nH]c(=O)sc12. The van der Waals surface area contributed by atoms with Gasteiger partial charge in [0.1, 0.15) is 5.75 Å². The summed E-state index contributed by atoms with van der Waals surface area (Å²) in [6.07, 6.45) is 0. The van der Waals surface area contributed by atoms with Crippen molar-refractivity contribution >= 4 is 21.6 Å². The maximum atomic E-state index is 11.3. The second-order valence-corrected chi connectivity index (χ2v) is 5.62. The zero-order valence-electron chi connectivity index (χ0n) is 8.92. The summed E-state index contributed by atoms with van der Waals surface area (Å²) in [6.45, 7) is 6.18. The minimum absolute atomic E-state index is 0.0812. The second kappa shape index (κ2) is 3.10. The van der Waals surface area contributed by atoms with E-state index in [1.54, 1.807) is 12.1 Å². The first kappa shape index (κ1) is 10.2. The number of aromatic nitrogens is 1. The molecule has 1 heterocycles. The van der Waals surface area contributed by atoms with Gasteiger partial charge in [-0.1, -0.05) is 32.1 Å². The predicted molar refractivity (Wildman–Crippen MR) is 62.8 cm³/mol. The van der Waals surface area contributed by atoms with Crippen molar-refractivity contribution in [2.24, 2.45) is 0 Å². The van der Waals surface area contributed by atoms with Crippen LogP contribution in [0.2, 0.25) is 0 Å². The Hall–Kier alpha value is -1.29. The highest BCUT2D eigenvalue weighted by molar-refractivity contribution is 7.16. The van der Waals surface area contributed by atoms with Gasteiger partial charge in [0.15, 0.2) is 0 Å². The standard InChI is InChI=1S/C11H13NO2S/c1-11(2,3)7-4-6(13)5-8-9(7)15-10(14)12-8/h4-5,13H,1-3H3,(H,12,14). The van der Waals surface area contributed by atoms with Gasteiger partial charge in [-0.3, -0.25) is 4.79 Å². The highest BCUT2D eigenvalue weighted by atomic mass is 32.1. The molecule has 15 heavy (non-hydrogen) atoms. The number of nitrogens with one attached hydrogen (secondary N) is 1. The largest absolute Gasteiger partial charge is 0.508 e. The van der Waals surface area contributed by atoms with Crippen molar-refractivity contribution in [1.29, 1.82) is 0 Å². The summed E-state index contributed by atoms with van der Waals surface area (Å²) in [5.74, 6) is 0.196. The van der Waals surface area contributed by atoms with Crippen LogP contribution in [-0.4, -0.2) is 10.1 Å². The number of hydrogen-bond donors (Lipinski definition) is 2. The first-order chi connectivity index (χ1) is 6.88. The molecule has 0 amide bonds. The van der Waals surface area contributed by atoms with Gasteiger partial charge in [-0.25, -0.2) is 0 Å². The molecule has 2 aromatic rings. The molecule has 0 radical (unpaired) electrons. The molecular formula is C11H13NO2S. The van der Waals surface area contributed by atoms with E-state index in [1.165, 1.54) is 11.3 Å². The van der Waals surface area contributed by atoms with Crippen molar-refractivity contribution in [2.45, 2.75) is 26.2 Å². The van der Waals surface area contributed by atoms with Crippen LogP contribution in [0.3, 0.4) is 0 Å². The molecule has 4 heteroatoms. The Kier molecular flexibility index (Phi) is 2.12. The Balaban J connectivity index is 2.88. The Labute approximate surface area is 91.4 Å². The lowest BCUT2D eigenvalue weighted by molar-refractivity contribution is 0.472. The predicted octanol–water partition coefficient (Wildman–Crippen LogP) is 2.59. The number of aromatic hydroxyl groups is 1. The van der Waals surface area contributed by atoms with Gasteiger partial charge in [-0.05, 0) is 17.0 Å². The second-order valence-electron chi connectivity index (χ2n) is 4.63. The maximum absolute atomic E-state index is 11.3. The lowest BCUT2D eigenvalue weighted by Crippen LogP contribution is -2.10. The number of fused-ring (bicyclic) bond motifs is 1. The molecule has 0 atom stereocenters. The molecule has 1 aromatic carbocycles.